The van der Waals surface area contributed by atoms with Gasteiger partial charge in [-0.3, -0.25) is 0 Å². The van der Waals surface area contributed by atoms with Crippen LogP contribution < -0.4 is 11.1 Å². The van der Waals surface area contributed by atoms with Gasteiger partial charge in [0, 0.05) is 23.8 Å². The molecule has 1 rings (SSSR count). The van der Waals surface area contributed by atoms with Crippen molar-refractivity contribution in [2.24, 2.45) is 0 Å². The van der Waals surface area contributed by atoms with Crippen LogP contribution in [0.1, 0.15) is 38.6 Å². The van der Waals surface area contributed by atoms with E-state index in [1.54, 1.807) is 0 Å². The number of nitrogens with two attached hydrogens (primary N) is 1. The highest BCUT2D eigenvalue weighted by atomic mass is 32.2. The van der Waals surface area contributed by atoms with Gasteiger partial charge in [-0.05, 0) is 13.3 Å². The van der Waals surface area contributed by atoms with Crippen molar-refractivity contribution in [3.8, 4) is 0 Å². The summed E-state index contributed by atoms with van der Waals surface area (Å²) in [6, 6.07) is 0. The Morgan fingerprint density at radius 1 is 1.25 bits per heavy atom. The third-order valence-electron chi connectivity index (χ3n) is 2.84. The first-order valence-corrected chi connectivity index (χ1v) is 8.63. The number of nitrogens with one attached hydrogen (secondary N) is 1. The van der Waals surface area contributed by atoms with Gasteiger partial charge in [0.2, 0.25) is 0 Å². The molecule has 0 amide bonds. The standard InChI is InChI=1S/C13H24N4O2S/c1-9-10(14)16-12(13(2,3)4)17-11(9)15-7-6-8-20(5,18)19/h6-8H2,1-5H3,(H3,14,15,16,17). The van der Waals surface area contributed by atoms with Crippen LogP contribution in [0.15, 0.2) is 0 Å². The molecule has 1 aromatic heterocycles. The lowest BCUT2D eigenvalue weighted by Gasteiger charge is -2.19. The molecule has 0 bridgehead atoms. The van der Waals surface area contributed by atoms with Crippen LogP contribution in [-0.4, -0.2) is 36.9 Å². The van der Waals surface area contributed by atoms with Crippen LogP contribution in [0.5, 0.6) is 0 Å². The summed E-state index contributed by atoms with van der Waals surface area (Å²) in [5.74, 6) is 1.96. The van der Waals surface area contributed by atoms with E-state index in [9.17, 15) is 8.42 Å². The summed E-state index contributed by atoms with van der Waals surface area (Å²) in [6.07, 6.45) is 1.77. The van der Waals surface area contributed by atoms with Gasteiger partial charge in [-0.1, -0.05) is 20.8 Å². The number of nitrogens with zero attached hydrogens (tertiary/aromatic N) is 2. The Balaban J connectivity index is 2.82. The first-order chi connectivity index (χ1) is 9.00. The van der Waals surface area contributed by atoms with Crippen LogP contribution in [0.4, 0.5) is 11.6 Å². The highest BCUT2D eigenvalue weighted by Crippen LogP contribution is 2.24. The Hall–Kier alpha value is -1.37. The molecule has 1 aromatic rings. The number of hydrogen-bond acceptors (Lipinski definition) is 6. The average molecular weight is 300 g/mol. The lowest BCUT2D eigenvalue weighted by atomic mass is 9.95. The van der Waals surface area contributed by atoms with Crippen molar-refractivity contribution >= 4 is 21.5 Å². The summed E-state index contributed by atoms with van der Waals surface area (Å²) in [6.45, 7) is 8.44. The minimum absolute atomic E-state index is 0.158. The second-order valence-electron chi connectivity index (χ2n) is 6.07. The summed E-state index contributed by atoms with van der Waals surface area (Å²) in [5, 5.41) is 3.14. The summed E-state index contributed by atoms with van der Waals surface area (Å²) in [4.78, 5) is 8.79. The van der Waals surface area contributed by atoms with Gasteiger partial charge in [-0.2, -0.15) is 0 Å². The van der Waals surface area contributed by atoms with Crippen molar-refractivity contribution in [2.45, 2.75) is 39.5 Å². The molecule has 0 aliphatic carbocycles. The Bertz CT molecular complexity index is 577. The summed E-state index contributed by atoms with van der Waals surface area (Å²) >= 11 is 0. The van der Waals surface area contributed by atoms with Crippen molar-refractivity contribution in [3.63, 3.8) is 0 Å². The Morgan fingerprint density at radius 3 is 2.35 bits per heavy atom. The molecule has 6 nitrogen and oxygen atoms in total. The van der Waals surface area contributed by atoms with Gasteiger partial charge in [0.1, 0.15) is 27.3 Å². The van der Waals surface area contributed by atoms with Gasteiger partial charge in [0.15, 0.2) is 0 Å². The quantitative estimate of drug-likeness (QED) is 0.800. The highest BCUT2D eigenvalue weighted by molar-refractivity contribution is 7.90. The van der Waals surface area contributed by atoms with Gasteiger partial charge in [0.05, 0.1) is 5.75 Å². The Kier molecular flexibility index (Phi) is 4.96. The molecule has 0 radical (unpaired) electrons. The van der Waals surface area contributed by atoms with Crippen LogP contribution >= 0.6 is 0 Å². The largest absolute Gasteiger partial charge is 0.383 e. The van der Waals surface area contributed by atoms with Crippen LogP contribution in [0, 0.1) is 6.92 Å². The normalized spacial score (nSPS) is 12.4. The van der Waals surface area contributed by atoms with Crippen LogP contribution in [0.25, 0.3) is 0 Å². The summed E-state index contributed by atoms with van der Waals surface area (Å²) in [5.41, 5.74) is 6.50. The minimum atomic E-state index is -2.93. The fourth-order valence-electron chi connectivity index (χ4n) is 1.58. The van der Waals surface area contributed by atoms with E-state index in [0.717, 1.165) is 5.56 Å². The zero-order valence-corrected chi connectivity index (χ0v) is 13.6. The molecular weight excluding hydrogens is 276 g/mol. The Labute approximate surface area is 121 Å². The van der Waals surface area contributed by atoms with Gasteiger partial charge in [-0.25, -0.2) is 18.4 Å². The second kappa shape index (κ2) is 5.95. The minimum Gasteiger partial charge on any atom is -0.383 e. The average Bonchev–Trinajstić information content (AvgIpc) is 2.26. The molecule has 0 spiro atoms. The van der Waals surface area contributed by atoms with Crippen molar-refractivity contribution in [2.75, 3.05) is 29.6 Å². The summed E-state index contributed by atoms with van der Waals surface area (Å²) < 4.78 is 22.2. The van der Waals surface area contributed by atoms with Gasteiger partial charge < -0.3 is 11.1 Å². The molecule has 3 N–H and O–H groups in total. The van der Waals surface area contributed by atoms with E-state index in [1.165, 1.54) is 6.26 Å². The smallest absolute Gasteiger partial charge is 0.147 e. The fraction of sp³-hybridized carbons (Fsp3) is 0.692. The van der Waals surface area contributed by atoms with Gasteiger partial charge in [0.25, 0.3) is 0 Å². The summed E-state index contributed by atoms with van der Waals surface area (Å²) in [7, 11) is -2.93. The molecule has 0 aliphatic heterocycles. The molecule has 7 heteroatoms. The van der Waals surface area contributed by atoms with Crippen molar-refractivity contribution in [1.29, 1.82) is 0 Å². The third kappa shape index (κ3) is 4.96. The molecule has 114 valence electrons. The first-order valence-electron chi connectivity index (χ1n) is 6.57. The van der Waals surface area contributed by atoms with E-state index in [1.807, 2.05) is 27.7 Å². The molecule has 0 atom stereocenters. The van der Waals surface area contributed by atoms with Crippen molar-refractivity contribution < 1.29 is 8.42 Å². The first kappa shape index (κ1) is 16.7. The Morgan fingerprint density at radius 2 is 1.85 bits per heavy atom. The maximum absolute atomic E-state index is 11.1. The third-order valence-corrected chi connectivity index (χ3v) is 3.87. The number of aromatic nitrogens is 2. The topological polar surface area (TPSA) is 98.0 Å². The molecule has 0 saturated carbocycles. The zero-order valence-electron chi connectivity index (χ0n) is 12.8. The zero-order chi connectivity index (χ0) is 15.6. The second-order valence-corrected chi connectivity index (χ2v) is 8.33. The van der Waals surface area contributed by atoms with E-state index in [2.05, 4.69) is 15.3 Å². The number of rotatable bonds is 5. The van der Waals surface area contributed by atoms with Crippen LogP contribution in [0.3, 0.4) is 0 Å². The van der Waals surface area contributed by atoms with E-state index in [-0.39, 0.29) is 11.2 Å². The van der Waals surface area contributed by atoms with E-state index in [4.69, 9.17) is 5.73 Å². The molecule has 1 heterocycles. The number of sulfone groups is 1. The predicted molar refractivity (Wildman–Crippen MR) is 82.7 cm³/mol. The highest BCUT2D eigenvalue weighted by Gasteiger charge is 2.20. The molecule has 0 unspecified atom stereocenters. The maximum atomic E-state index is 11.1. The number of hydrogen-bond donors (Lipinski definition) is 2. The van der Waals surface area contributed by atoms with Gasteiger partial charge in [-0.15, -0.1) is 0 Å². The van der Waals surface area contributed by atoms with Crippen LogP contribution in [0.2, 0.25) is 0 Å². The maximum Gasteiger partial charge on any atom is 0.147 e. The van der Waals surface area contributed by atoms with Crippen molar-refractivity contribution in [1.82, 2.24) is 9.97 Å². The molecule has 0 aromatic carbocycles. The van der Waals surface area contributed by atoms with Gasteiger partial charge >= 0.3 is 0 Å². The molecule has 0 saturated heterocycles. The number of anilines is 2. The lowest BCUT2D eigenvalue weighted by molar-refractivity contribution is 0.546. The van der Waals surface area contributed by atoms with E-state index >= 15 is 0 Å². The molecule has 0 fully saturated rings. The van der Waals surface area contributed by atoms with E-state index < -0.39 is 9.84 Å². The van der Waals surface area contributed by atoms with Crippen LogP contribution in [-0.2, 0) is 15.3 Å². The number of nitrogen functional groups attached to an aromatic ring is 1. The predicted octanol–water partition coefficient (Wildman–Crippen LogP) is 1.51. The van der Waals surface area contributed by atoms with Crippen molar-refractivity contribution in [3.05, 3.63) is 11.4 Å². The monoisotopic (exact) mass is 300 g/mol. The fourth-order valence-corrected chi connectivity index (χ4v) is 2.25. The molecule has 20 heavy (non-hydrogen) atoms. The SMILES string of the molecule is Cc1c(N)nc(C(C)(C)C)nc1NCCCS(C)(=O)=O. The molecule has 0 aliphatic rings. The molecular formula is C13H24N4O2S. The lowest BCUT2D eigenvalue weighted by Crippen LogP contribution is -2.20. The van der Waals surface area contributed by atoms with E-state index in [0.29, 0.717) is 30.4 Å².